The number of aryl methyl sites for hydroxylation is 3. The van der Waals surface area contributed by atoms with Crippen molar-refractivity contribution in [3.05, 3.63) is 15.6 Å². The number of ether oxygens (including phenoxy) is 2. The van der Waals surface area contributed by atoms with Crippen LogP contribution in [0.15, 0.2) is 4.99 Å². The fourth-order valence-corrected chi connectivity index (χ4v) is 4.10. The Hall–Kier alpha value is -0.450. The minimum atomic E-state index is 0. The van der Waals surface area contributed by atoms with Gasteiger partial charge in [0, 0.05) is 44.6 Å². The first-order valence-corrected chi connectivity index (χ1v) is 10.7. The molecule has 0 atom stereocenters. The lowest BCUT2D eigenvalue weighted by Crippen LogP contribution is -2.38. The van der Waals surface area contributed by atoms with Gasteiger partial charge in [0.25, 0.3) is 0 Å². The maximum atomic E-state index is 5.47. The first-order chi connectivity index (χ1) is 12.8. The van der Waals surface area contributed by atoms with Gasteiger partial charge in [-0.05, 0) is 45.4 Å². The van der Waals surface area contributed by atoms with Crippen molar-refractivity contribution in [1.82, 2.24) is 15.6 Å². The van der Waals surface area contributed by atoms with Gasteiger partial charge in [-0.15, -0.1) is 35.3 Å². The molecule has 156 valence electrons. The Kier molecular flexibility index (Phi) is 14.1. The fourth-order valence-electron chi connectivity index (χ4n) is 2.90. The lowest BCUT2D eigenvalue weighted by Gasteiger charge is -2.11. The lowest BCUT2D eigenvalue weighted by molar-refractivity contribution is 0.0698. The summed E-state index contributed by atoms with van der Waals surface area (Å²) in [6.45, 7) is 6.69. The van der Waals surface area contributed by atoms with Gasteiger partial charge in [-0.1, -0.05) is 0 Å². The standard InChI is InChI=1S/C19H34N4O2S.HI/c1-3-20-19(22-12-7-13-25-15-14-24-2)21-11-6-10-18-23-16-8-4-5-9-17(16)26-18;/h3-15H2,1-2H3,(H2,20,21,22);1H. The summed E-state index contributed by atoms with van der Waals surface area (Å²) in [6.07, 6.45) is 8.07. The number of halogens is 1. The zero-order chi connectivity index (χ0) is 18.5. The maximum absolute atomic E-state index is 5.47. The van der Waals surface area contributed by atoms with E-state index in [2.05, 4.69) is 22.5 Å². The molecule has 1 aromatic heterocycles. The first-order valence-electron chi connectivity index (χ1n) is 9.89. The quantitative estimate of drug-likeness (QED) is 0.196. The van der Waals surface area contributed by atoms with Crippen molar-refractivity contribution in [2.75, 3.05) is 46.6 Å². The van der Waals surface area contributed by atoms with E-state index >= 15 is 0 Å². The molecule has 0 aromatic carbocycles. The van der Waals surface area contributed by atoms with Crippen LogP contribution in [0, 0.1) is 0 Å². The molecule has 1 heterocycles. The van der Waals surface area contributed by atoms with Gasteiger partial charge in [0.15, 0.2) is 5.96 Å². The molecule has 0 fully saturated rings. The van der Waals surface area contributed by atoms with E-state index < -0.39 is 0 Å². The summed E-state index contributed by atoms with van der Waals surface area (Å²) < 4.78 is 10.4. The number of aliphatic imine (C=N–C) groups is 1. The Morgan fingerprint density at radius 1 is 1.15 bits per heavy atom. The van der Waals surface area contributed by atoms with Gasteiger partial charge in [-0.3, -0.25) is 4.99 Å². The third kappa shape index (κ3) is 10.0. The molecule has 2 N–H and O–H groups in total. The zero-order valence-corrected chi connectivity index (χ0v) is 19.9. The predicted octanol–water partition coefficient (Wildman–Crippen LogP) is 3.18. The molecule has 1 aliphatic carbocycles. The van der Waals surface area contributed by atoms with Crippen LogP contribution in [0.5, 0.6) is 0 Å². The fraction of sp³-hybridized carbons (Fsp3) is 0.789. The van der Waals surface area contributed by atoms with Crippen molar-refractivity contribution in [3.63, 3.8) is 0 Å². The minimum absolute atomic E-state index is 0. The van der Waals surface area contributed by atoms with Crippen LogP contribution in [-0.2, 0) is 28.7 Å². The van der Waals surface area contributed by atoms with Gasteiger partial charge < -0.3 is 20.1 Å². The van der Waals surface area contributed by atoms with Gasteiger partial charge in [0.2, 0.25) is 0 Å². The van der Waals surface area contributed by atoms with Crippen molar-refractivity contribution in [2.45, 2.75) is 51.9 Å². The van der Waals surface area contributed by atoms with E-state index in [1.165, 1.54) is 41.3 Å². The van der Waals surface area contributed by atoms with Crippen molar-refractivity contribution < 1.29 is 9.47 Å². The Morgan fingerprint density at radius 2 is 2.00 bits per heavy atom. The SMILES string of the molecule is CCNC(=NCCCc1nc2c(s1)CCCC2)NCCCOCCOC.I. The molecule has 27 heavy (non-hydrogen) atoms. The molecule has 0 saturated heterocycles. The van der Waals surface area contributed by atoms with Crippen molar-refractivity contribution >= 4 is 41.3 Å². The molecule has 0 bridgehead atoms. The number of rotatable bonds is 12. The molecule has 0 saturated carbocycles. The number of hydrogen-bond donors (Lipinski definition) is 2. The lowest BCUT2D eigenvalue weighted by atomic mass is 10.0. The summed E-state index contributed by atoms with van der Waals surface area (Å²) in [5.74, 6) is 0.892. The van der Waals surface area contributed by atoms with Gasteiger partial charge in [0.1, 0.15) is 0 Å². The second-order valence-corrected chi connectivity index (χ2v) is 7.60. The van der Waals surface area contributed by atoms with Crippen LogP contribution in [0.2, 0.25) is 0 Å². The molecular weight excluding hydrogens is 475 g/mol. The number of hydrogen-bond acceptors (Lipinski definition) is 5. The van der Waals surface area contributed by atoms with E-state index in [0.29, 0.717) is 13.2 Å². The van der Waals surface area contributed by atoms with Gasteiger partial charge in [0.05, 0.1) is 23.9 Å². The minimum Gasteiger partial charge on any atom is -0.382 e. The van der Waals surface area contributed by atoms with Crippen LogP contribution in [0.25, 0.3) is 0 Å². The molecule has 8 heteroatoms. The summed E-state index contributed by atoms with van der Waals surface area (Å²) in [4.78, 5) is 11.0. The van der Waals surface area contributed by atoms with Crippen LogP contribution in [0.3, 0.4) is 0 Å². The Morgan fingerprint density at radius 3 is 2.78 bits per heavy atom. The van der Waals surface area contributed by atoms with E-state index in [1.807, 2.05) is 11.3 Å². The maximum Gasteiger partial charge on any atom is 0.191 e. The summed E-state index contributed by atoms with van der Waals surface area (Å²) in [7, 11) is 1.69. The number of nitrogens with zero attached hydrogens (tertiary/aromatic N) is 2. The smallest absolute Gasteiger partial charge is 0.191 e. The topological polar surface area (TPSA) is 67.8 Å². The highest BCUT2D eigenvalue weighted by atomic mass is 127. The molecular formula is C19H35IN4O2S. The zero-order valence-electron chi connectivity index (χ0n) is 16.7. The summed E-state index contributed by atoms with van der Waals surface area (Å²) in [5, 5.41) is 7.95. The highest BCUT2D eigenvalue weighted by Gasteiger charge is 2.14. The molecule has 0 unspecified atom stereocenters. The highest BCUT2D eigenvalue weighted by Crippen LogP contribution is 2.27. The summed E-state index contributed by atoms with van der Waals surface area (Å²) in [6, 6.07) is 0. The summed E-state index contributed by atoms with van der Waals surface area (Å²) >= 11 is 1.92. The number of aromatic nitrogens is 1. The van der Waals surface area contributed by atoms with Gasteiger partial charge in [-0.2, -0.15) is 0 Å². The number of guanidine groups is 1. The third-order valence-corrected chi connectivity index (χ3v) is 5.46. The van der Waals surface area contributed by atoms with E-state index in [1.54, 1.807) is 7.11 Å². The van der Waals surface area contributed by atoms with Crippen LogP contribution in [-0.4, -0.2) is 57.5 Å². The Balaban J connectivity index is 0.00000364. The van der Waals surface area contributed by atoms with Crippen LogP contribution < -0.4 is 10.6 Å². The molecule has 1 aliphatic rings. The van der Waals surface area contributed by atoms with Crippen LogP contribution in [0.1, 0.15) is 48.2 Å². The first kappa shape index (κ1) is 24.6. The van der Waals surface area contributed by atoms with Gasteiger partial charge >= 0.3 is 0 Å². The normalized spacial score (nSPS) is 13.8. The van der Waals surface area contributed by atoms with E-state index in [-0.39, 0.29) is 24.0 Å². The van der Waals surface area contributed by atoms with Gasteiger partial charge in [-0.25, -0.2) is 4.98 Å². The molecule has 0 radical (unpaired) electrons. The molecule has 6 nitrogen and oxygen atoms in total. The van der Waals surface area contributed by atoms with E-state index in [0.717, 1.165) is 51.5 Å². The Labute approximate surface area is 184 Å². The van der Waals surface area contributed by atoms with Crippen LogP contribution in [0.4, 0.5) is 0 Å². The summed E-state index contributed by atoms with van der Waals surface area (Å²) in [5.41, 5.74) is 1.36. The monoisotopic (exact) mass is 510 g/mol. The predicted molar refractivity (Wildman–Crippen MR) is 124 cm³/mol. The highest BCUT2D eigenvalue weighted by molar-refractivity contribution is 14.0. The molecule has 2 rings (SSSR count). The van der Waals surface area contributed by atoms with Crippen LogP contribution >= 0.6 is 35.3 Å². The van der Waals surface area contributed by atoms with E-state index in [4.69, 9.17) is 14.5 Å². The molecule has 0 aliphatic heterocycles. The second-order valence-electron chi connectivity index (χ2n) is 6.43. The Bertz CT molecular complexity index is 516. The van der Waals surface area contributed by atoms with Crippen molar-refractivity contribution in [2.24, 2.45) is 4.99 Å². The molecule has 1 aromatic rings. The largest absolute Gasteiger partial charge is 0.382 e. The number of fused-ring (bicyclic) bond motifs is 1. The van der Waals surface area contributed by atoms with Crippen molar-refractivity contribution in [1.29, 1.82) is 0 Å². The number of thiazole rings is 1. The molecule has 0 amide bonds. The third-order valence-electron chi connectivity index (χ3n) is 4.24. The van der Waals surface area contributed by atoms with E-state index in [9.17, 15) is 0 Å². The number of methoxy groups -OCH3 is 1. The molecule has 0 spiro atoms. The second kappa shape index (κ2) is 15.5. The average molecular weight is 510 g/mol. The number of nitrogens with one attached hydrogen (secondary N) is 2. The average Bonchev–Trinajstić information content (AvgIpc) is 3.07. The van der Waals surface area contributed by atoms with Crippen molar-refractivity contribution in [3.8, 4) is 0 Å².